The number of aryl methyl sites for hydroxylation is 3. The van der Waals surface area contributed by atoms with Crippen LogP contribution in [0.25, 0.3) is 0 Å². The highest BCUT2D eigenvalue weighted by Gasteiger charge is 2.07. The van der Waals surface area contributed by atoms with Gasteiger partial charge in [0.25, 0.3) is 0 Å². The first kappa shape index (κ1) is 15.1. The molecule has 0 spiro atoms. The van der Waals surface area contributed by atoms with Gasteiger partial charge in [-0.15, -0.1) is 10.2 Å². The van der Waals surface area contributed by atoms with Gasteiger partial charge in [-0.3, -0.25) is 4.68 Å². The Morgan fingerprint density at radius 3 is 2.82 bits per heavy atom. The minimum Gasteiger partial charge on any atom is -0.330 e. The summed E-state index contributed by atoms with van der Waals surface area (Å²) in [5.74, 6) is 0.806. The molecule has 0 bridgehead atoms. The molecule has 0 aliphatic rings. The van der Waals surface area contributed by atoms with E-state index in [2.05, 4.69) is 52.7 Å². The number of nitrogens with zero attached hydrogens (tertiary/aromatic N) is 4. The topological polar surface area (TPSA) is 55.6 Å². The Labute approximate surface area is 137 Å². The van der Waals surface area contributed by atoms with E-state index in [0.29, 0.717) is 0 Å². The summed E-state index contributed by atoms with van der Waals surface area (Å²) in [6.07, 6.45) is 0. The molecule has 0 amide bonds. The largest absolute Gasteiger partial charge is 0.330 e. The number of benzene rings is 1. The molecule has 0 aliphatic heterocycles. The smallest absolute Gasteiger partial charge is 0.210 e. The van der Waals surface area contributed by atoms with E-state index in [9.17, 15) is 0 Å². The lowest BCUT2D eigenvalue weighted by atomic mass is 10.2. The first-order valence-corrected chi connectivity index (χ1v) is 8.70. The van der Waals surface area contributed by atoms with Crippen LogP contribution in [0.4, 0.5) is 10.8 Å². The van der Waals surface area contributed by atoms with Crippen LogP contribution in [0.5, 0.6) is 0 Å². The van der Waals surface area contributed by atoms with Crippen molar-refractivity contribution in [3.63, 3.8) is 0 Å². The summed E-state index contributed by atoms with van der Waals surface area (Å²) in [7, 11) is 1.96. The van der Waals surface area contributed by atoms with Gasteiger partial charge in [-0.05, 0) is 37.6 Å². The summed E-state index contributed by atoms with van der Waals surface area (Å²) in [5.41, 5.74) is 4.48. The number of rotatable bonds is 5. The molecule has 5 nitrogen and oxygen atoms in total. The third kappa shape index (κ3) is 3.66. The Kier molecular flexibility index (Phi) is 4.44. The molecule has 22 heavy (non-hydrogen) atoms. The van der Waals surface area contributed by atoms with Gasteiger partial charge in [-0.2, -0.15) is 5.10 Å². The molecule has 0 radical (unpaired) electrons. The summed E-state index contributed by atoms with van der Waals surface area (Å²) in [5, 5.41) is 16.9. The van der Waals surface area contributed by atoms with Crippen molar-refractivity contribution < 1.29 is 0 Å². The molecule has 0 saturated carbocycles. The van der Waals surface area contributed by atoms with Gasteiger partial charge in [0.05, 0.1) is 5.69 Å². The van der Waals surface area contributed by atoms with Gasteiger partial charge in [0.2, 0.25) is 5.13 Å². The van der Waals surface area contributed by atoms with Crippen molar-refractivity contribution in [1.29, 1.82) is 0 Å². The van der Waals surface area contributed by atoms with Gasteiger partial charge < -0.3 is 5.32 Å². The molecule has 1 N–H and O–H groups in total. The molecule has 0 saturated heterocycles. The maximum absolute atomic E-state index is 4.45. The first-order chi connectivity index (χ1) is 10.6. The number of thioether (sulfide) groups is 1. The molecule has 7 heteroatoms. The van der Waals surface area contributed by atoms with Gasteiger partial charge in [-0.25, -0.2) is 0 Å². The molecule has 0 unspecified atom stereocenters. The third-order valence-electron chi connectivity index (χ3n) is 3.18. The Morgan fingerprint density at radius 1 is 1.23 bits per heavy atom. The van der Waals surface area contributed by atoms with Crippen LogP contribution < -0.4 is 5.32 Å². The highest BCUT2D eigenvalue weighted by atomic mass is 32.2. The summed E-state index contributed by atoms with van der Waals surface area (Å²) < 4.78 is 2.83. The van der Waals surface area contributed by atoms with E-state index in [1.165, 1.54) is 5.56 Å². The predicted octanol–water partition coefficient (Wildman–Crippen LogP) is 3.92. The van der Waals surface area contributed by atoms with Crippen molar-refractivity contribution in [1.82, 2.24) is 20.0 Å². The molecule has 2 aromatic heterocycles. The number of nitrogens with one attached hydrogen (secondary N) is 1. The SMILES string of the molecule is Cc1cccc(Nc2nnc(SCc3cc(C)n(C)n3)s2)c1. The number of aromatic nitrogens is 4. The van der Waals surface area contributed by atoms with Crippen LogP contribution in [0, 0.1) is 13.8 Å². The van der Waals surface area contributed by atoms with E-state index in [1.807, 2.05) is 23.9 Å². The van der Waals surface area contributed by atoms with Crippen molar-refractivity contribution >= 4 is 33.9 Å². The lowest BCUT2D eigenvalue weighted by Gasteiger charge is -2.01. The second-order valence-electron chi connectivity index (χ2n) is 5.06. The van der Waals surface area contributed by atoms with Gasteiger partial charge in [0, 0.05) is 24.2 Å². The van der Waals surface area contributed by atoms with E-state index in [-0.39, 0.29) is 0 Å². The monoisotopic (exact) mass is 331 g/mol. The van der Waals surface area contributed by atoms with Crippen molar-refractivity contribution in [2.45, 2.75) is 23.9 Å². The molecule has 3 rings (SSSR count). The minimum atomic E-state index is 0.806. The van der Waals surface area contributed by atoms with Gasteiger partial charge in [0.1, 0.15) is 0 Å². The average molecular weight is 331 g/mol. The maximum Gasteiger partial charge on any atom is 0.210 e. The Bertz CT molecular complexity index is 758. The number of hydrogen-bond donors (Lipinski definition) is 1. The second-order valence-corrected chi connectivity index (χ2v) is 7.26. The third-order valence-corrected chi connectivity index (χ3v) is 5.19. The van der Waals surface area contributed by atoms with Crippen LogP contribution in [-0.2, 0) is 12.8 Å². The quantitative estimate of drug-likeness (QED) is 0.718. The highest BCUT2D eigenvalue weighted by molar-refractivity contribution is 8.00. The van der Waals surface area contributed by atoms with Crippen LogP contribution in [0.2, 0.25) is 0 Å². The van der Waals surface area contributed by atoms with Gasteiger partial charge >= 0.3 is 0 Å². The molecule has 0 fully saturated rings. The van der Waals surface area contributed by atoms with Crippen LogP contribution in [0.3, 0.4) is 0 Å². The highest BCUT2D eigenvalue weighted by Crippen LogP contribution is 2.29. The van der Waals surface area contributed by atoms with Crippen LogP contribution in [0.15, 0.2) is 34.7 Å². The summed E-state index contributed by atoms with van der Waals surface area (Å²) in [6.45, 7) is 4.12. The lowest BCUT2D eigenvalue weighted by Crippen LogP contribution is -1.92. The molecule has 0 aliphatic carbocycles. The molecular weight excluding hydrogens is 314 g/mol. The normalized spacial score (nSPS) is 10.9. The average Bonchev–Trinajstić information content (AvgIpc) is 3.04. The summed E-state index contributed by atoms with van der Waals surface area (Å²) in [6, 6.07) is 10.3. The fourth-order valence-corrected chi connectivity index (χ4v) is 3.66. The summed E-state index contributed by atoms with van der Waals surface area (Å²) >= 11 is 3.22. The molecule has 1 aromatic carbocycles. The van der Waals surface area contributed by atoms with E-state index >= 15 is 0 Å². The predicted molar refractivity (Wildman–Crippen MR) is 91.9 cm³/mol. The Hall–Kier alpha value is -1.86. The second kappa shape index (κ2) is 6.50. The van der Waals surface area contributed by atoms with Crippen LogP contribution in [-0.4, -0.2) is 20.0 Å². The standard InChI is InChI=1S/C15H17N5S2/c1-10-5-4-6-12(7-10)16-14-17-18-15(22-14)21-9-13-8-11(2)20(3)19-13/h4-8H,9H2,1-3H3,(H,16,17). The molecule has 2 heterocycles. The fourth-order valence-electron chi connectivity index (χ4n) is 2.01. The Balaban J connectivity index is 1.61. The zero-order valence-corrected chi connectivity index (χ0v) is 14.3. The zero-order chi connectivity index (χ0) is 15.5. The molecular formula is C15H17N5S2. The van der Waals surface area contributed by atoms with Crippen molar-refractivity contribution in [3.8, 4) is 0 Å². The van der Waals surface area contributed by atoms with Crippen molar-refractivity contribution in [3.05, 3.63) is 47.3 Å². The van der Waals surface area contributed by atoms with E-state index in [1.54, 1.807) is 23.1 Å². The van der Waals surface area contributed by atoms with E-state index in [0.717, 1.165) is 32.3 Å². The summed E-state index contributed by atoms with van der Waals surface area (Å²) in [4.78, 5) is 0. The molecule has 0 atom stereocenters. The zero-order valence-electron chi connectivity index (χ0n) is 12.7. The molecule has 114 valence electrons. The van der Waals surface area contributed by atoms with Crippen LogP contribution >= 0.6 is 23.1 Å². The Morgan fingerprint density at radius 2 is 2.09 bits per heavy atom. The first-order valence-electron chi connectivity index (χ1n) is 6.89. The van der Waals surface area contributed by atoms with Crippen LogP contribution in [0.1, 0.15) is 17.0 Å². The minimum absolute atomic E-state index is 0.806. The van der Waals surface area contributed by atoms with E-state index < -0.39 is 0 Å². The number of anilines is 2. The van der Waals surface area contributed by atoms with E-state index in [4.69, 9.17) is 0 Å². The maximum atomic E-state index is 4.45. The van der Waals surface area contributed by atoms with Gasteiger partial charge in [0.15, 0.2) is 4.34 Å². The lowest BCUT2D eigenvalue weighted by molar-refractivity contribution is 0.730. The van der Waals surface area contributed by atoms with Crippen molar-refractivity contribution in [2.75, 3.05) is 5.32 Å². The molecule has 3 aromatic rings. The van der Waals surface area contributed by atoms with Crippen molar-refractivity contribution in [2.24, 2.45) is 7.05 Å². The number of hydrogen-bond acceptors (Lipinski definition) is 6. The fraction of sp³-hybridized carbons (Fsp3) is 0.267. The van der Waals surface area contributed by atoms with Gasteiger partial charge in [-0.1, -0.05) is 35.2 Å².